The van der Waals surface area contributed by atoms with Gasteiger partial charge in [0.15, 0.2) is 5.78 Å². The Hall–Kier alpha value is -0.280. The van der Waals surface area contributed by atoms with Crippen molar-refractivity contribution in [2.24, 2.45) is 0 Å². The summed E-state index contributed by atoms with van der Waals surface area (Å²) >= 11 is 5.09. The molecule has 2 rings (SSSR count). The SMILES string of the molecule is O=C1c2ccccc2SC[C@@H]1Br. The lowest BCUT2D eigenvalue weighted by molar-refractivity contribution is 0.0992. The minimum Gasteiger partial charge on any atom is -0.293 e. The Morgan fingerprint density at radius 3 is 3.00 bits per heavy atom. The molecule has 0 amide bonds. The topological polar surface area (TPSA) is 17.1 Å². The summed E-state index contributed by atoms with van der Waals surface area (Å²) in [4.78, 5) is 12.7. The van der Waals surface area contributed by atoms with Gasteiger partial charge < -0.3 is 0 Å². The molecule has 1 aliphatic rings. The second kappa shape index (κ2) is 3.23. The van der Waals surface area contributed by atoms with E-state index in [0.717, 1.165) is 16.2 Å². The van der Waals surface area contributed by atoms with Gasteiger partial charge in [0.05, 0.1) is 4.83 Å². The van der Waals surface area contributed by atoms with Gasteiger partial charge in [0, 0.05) is 16.2 Å². The molecule has 1 aliphatic heterocycles. The number of halogens is 1. The molecule has 0 aromatic heterocycles. The minimum absolute atomic E-state index is 0.00241. The van der Waals surface area contributed by atoms with E-state index in [9.17, 15) is 4.79 Å². The number of ketones is 1. The largest absolute Gasteiger partial charge is 0.293 e. The zero-order valence-corrected chi connectivity index (χ0v) is 8.69. The Morgan fingerprint density at radius 1 is 1.42 bits per heavy atom. The third-order valence-electron chi connectivity index (χ3n) is 1.82. The van der Waals surface area contributed by atoms with Crippen molar-refractivity contribution in [3.63, 3.8) is 0 Å². The summed E-state index contributed by atoms with van der Waals surface area (Å²) in [5, 5.41) is 0. The van der Waals surface area contributed by atoms with E-state index in [4.69, 9.17) is 0 Å². The Kier molecular flexibility index (Phi) is 2.24. The number of carbonyl (C=O) groups excluding carboxylic acids is 1. The van der Waals surface area contributed by atoms with Crippen LogP contribution in [0.4, 0.5) is 0 Å². The summed E-state index contributed by atoms with van der Waals surface area (Å²) in [6, 6.07) is 7.75. The molecular formula is C9H7BrOS. The van der Waals surface area contributed by atoms with Crippen molar-refractivity contribution in [2.75, 3.05) is 5.75 Å². The third kappa shape index (κ3) is 1.31. The molecule has 0 bridgehead atoms. The zero-order valence-electron chi connectivity index (χ0n) is 6.29. The van der Waals surface area contributed by atoms with Crippen LogP contribution in [-0.2, 0) is 0 Å². The van der Waals surface area contributed by atoms with Crippen LogP contribution in [0.2, 0.25) is 0 Å². The number of hydrogen-bond donors (Lipinski definition) is 0. The van der Waals surface area contributed by atoms with Crippen molar-refractivity contribution < 1.29 is 4.79 Å². The first-order valence-electron chi connectivity index (χ1n) is 3.69. The van der Waals surface area contributed by atoms with Crippen LogP contribution < -0.4 is 0 Å². The molecule has 0 spiro atoms. The van der Waals surface area contributed by atoms with Crippen LogP contribution in [-0.4, -0.2) is 16.4 Å². The molecule has 1 atom stereocenters. The van der Waals surface area contributed by atoms with E-state index in [-0.39, 0.29) is 10.6 Å². The van der Waals surface area contributed by atoms with Gasteiger partial charge in [-0.2, -0.15) is 0 Å². The lowest BCUT2D eigenvalue weighted by Crippen LogP contribution is -2.21. The van der Waals surface area contributed by atoms with Gasteiger partial charge in [0.1, 0.15) is 0 Å². The lowest BCUT2D eigenvalue weighted by atomic mass is 10.1. The first kappa shape index (κ1) is 8.32. The number of fused-ring (bicyclic) bond motifs is 1. The van der Waals surface area contributed by atoms with Gasteiger partial charge >= 0.3 is 0 Å². The van der Waals surface area contributed by atoms with Crippen molar-refractivity contribution in [3.8, 4) is 0 Å². The summed E-state index contributed by atoms with van der Waals surface area (Å²) in [5.41, 5.74) is 0.857. The van der Waals surface area contributed by atoms with Gasteiger partial charge in [-0.05, 0) is 6.07 Å². The maximum Gasteiger partial charge on any atom is 0.178 e. The fraction of sp³-hybridized carbons (Fsp3) is 0.222. The molecule has 0 saturated carbocycles. The number of hydrogen-bond acceptors (Lipinski definition) is 2. The summed E-state index contributed by atoms with van der Waals surface area (Å²) in [6.45, 7) is 0. The van der Waals surface area contributed by atoms with Crippen molar-refractivity contribution in [1.29, 1.82) is 0 Å². The highest BCUT2D eigenvalue weighted by Gasteiger charge is 2.24. The van der Waals surface area contributed by atoms with E-state index in [2.05, 4.69) is 15.9 Å². The van der Waals surface area contributed by atoms with E-state index in [1.165, 1.54) is 0 Å². The maximum absolute atomic E-state index is 11.6. The standard InChI is InChI=1S/C9H7BrOS/c10-7-5-12-8-4-2-1-3-6(8)9(7)11/h1-4,7H,5H2/t7-/m0/s1. The molecule has 0 N–H and O–H groups in total. The van der Waals surface area contributed by atoms with Crippen LogP contribution in [0, 0.1) is 0 Å². The highest BCUT2D eigenvalue weighted by Crippen LogP contribution is 2.32. The van der Waals surface area contributed by atoms with E-state index in [1.807, 2.05) is 24.3 Å². The minimum atomic E-state index is -0.00241. The van der Waals surface area contributed by atoms with E-state index in [0.29, 0.717) is 0 Å². The molecule has 12 heavy (non-hydrogen) atoms. The Labute approximate surface area is 83.7 Å². The van der Waals surface area contributed by atoms with Crippen LogP contribution in [0.25, 0.3) is 0 Å². The Morgan fingerprint density at radius 2 is 2.17 bits per heavy atom. The molecule has 1 heterocycles. The number of carbonyl (C=O) groups is 1. The molecular weight excluding hydrogens is 236 g/mol. The van der Waals surface area contributed by atoms with E-state index >= 15 is 0 Å². The van der Waals surface area contributed by atoms with Gasteiger partial charge in [-0.1, -0.05) is 34.1 Å². The number of Topliss-reactive ketones (excluding diaryl/α,β-unsaturated/α-hetero) is 1. The summed E-state index contributed by atoms with van der Waals surface area (Å²) in [5.74, 6) is 1.06. The van der Waals surface area contributed by atoms with Gasteiger partial charge in [-0.15, -0.1) is 11.8 Å². The van der Waals surface area contributed by atoms with Crippen LogP contribution in [0.5, 0.6) is 0 Å². The van der Waals surface area contributed by atoms with Crippen LogP contribution in [0.1, 0.15) is 10.4 Å². The first-order chi connectivity index (χ1) is 5.79. The average molecular weight is 243 g/mol. The fourth-order valence-corrected chi connectivity index (χ4v) is 2.82. The Balaban J connectivity index is 2.49. The van der Waals surface area contributed by atoms with Crippen molar-refractivity contribution in [2.45, 2.75) is 9.72 Å². The van der Waals surface area contributed by atoms with E-state index < -0.39 is 0 Å². The summed E-state index contributed by atoms with van der Waals surface area (Å²) < 4.78 is 0. The average Bonchev–Trinajstić information content (AvgIpc) is 2.12. The maximum atomic E-state index is 11.6. The second-order valence-electron chi connectivity index (χ2n) is 2.64. The number of benzene rings is 1. The predicted octanol–water partition coefficient (Wildman–Crippen LogP) is 2.74. The Bertz CT molecular complexity index is 324. The second-order valence-corrected chi connectivity index (χ2v) is 4.81. The summed E-state index contributed by atoms with van der Waals surface area (Å²) in [7, 11) is 0. The van der Waals surface area contributed by atoms with Crippen molar-refractivity contribution in [3.05, 3.63) is 29.8 Å². The third-order valence-corrected chi connectivity index (χ3v) is 4.16. The number of thioether (sulfide) groups is 1. The first-order valence-corrected chi connectivity index (χ1v) is 5.59. The predicted molar refractivity (Wildman–Crippen MR) is 54.2 cm³/mol. The van der Waals surface area contributed by atoms with E-state index in [1.54, 1.807) is 11.8 Å². The lowest BCUT2D eigenvalue weighted by Gasteiger charge is -2.17. The van der Waals surface area contributed by atoms with Crippen LogP contribution >= 0.6 is 27.7 Å². The quantitative estimate of drug-likeness (QED) is 0.652. The molecule has 0 fully saturated rings. The molecule has 1 nitrogen and oxygen atoms in total. The van der Waals surface area contributed by atoms with Gasteiger partial charge in [-0.3, -0.25) is 4.79 Å². The molecule has 0 unspecified atom stereocenters. The molecule has 62 valence electrons. The number of rotatable bonds is 0. The molecule has 1 aromatic carbocycles. The van der Waals surface area contributed by atoms with Gasteiger partial charge in [-0.25, -0.2) is 0 Å². The van der Waals surface area contributed by atoms with Crippen molar-refractivity contribution in [1.82, 2.24) is 0 Å². The van der Waals surface area contributed by atoms with Crippen LogP contribution in [0.15, 0.2) is 29.2 Å². The van der Waals surface area contributed by atoms with Crippen LogP contribution in [0.3, 0.4) is 0 Å². The smallest absolute Gasteiger partial charge is 0.178 e. The zero-order chi connectivity index (χ0) is 8.55. The molecule has 0 saturated heterocycles. The number of alkyl halides is 1. The van der Waals surface area contributed by atoms with Crippen molar-refractivity contribution >= 4 is 33.5 Å². The highest BCUT2D eigenvalue weighted by atomic mass is 79.9. The highest BCUT2D eigenvalue weighted by molar-refractivity contribution is 9.10. The van der Waals surface area contributed by atoms with Gasteiger partial charge in [0.2, 0.25) is 0 Å². The fourth-order valence-electron chi connectivity index (χ4n) is 1.20. The molecule has 1 aromatic rings. The molecule has 3 heteroatoms. The summed E-state index contributed by atoms with van der Waals surface area (Å²) in [6.07, 6.45) is 0. The van der Waals surface area contributed by atoms with Gasteiger partial charge in [0.25, 0.3) is 0 Å². The molecule has 0 radical (unpaired) electrons. The monoisotopic (exact) mass is 242 g/mol. The normalized spacial score (nSPS) is 22.1. The molecule has 0 aliphatic carbocycles.